The molecule has 0 aromatic carbocycles. The number of carbonyl (C=O) groups excluding carboxylic acids is 2. The van der Waals surface area contributed by atoms with Gasteiger partial charge in [-0.3, -0.25) is 9.59 Å². The van der Waals surface area contributed by atoms with Crippen molar-refractivity contribution in [1.29, 1.82) is 0 Å². The van der Waals surface area contributed by atoms with E-state index in [1.54, 1.807) is 0 Å². The summed E-state index contributed by atoms with van der Waals surface area (Å²) < 4.78 is 10.4. The van der Waals surface area contributed by atoms with Crippen LogP contribution in [-0.2, 0) is 19.1 Å². The summed E-state index contributed by atoms with van der Waals surface area (Å²) in [7, 11) is 0. The van der Waals surface area contributed by atoms with E-state index in [0.717, 1.165) is 110 Å². The first-order chi connectivity index (χ1) is 17.6. The van der Waals surface area contributed by atoms with Gasteiger partial charge < -0.3 is 19.5 Å². The van der Waals surface area contributed by atoms with Crippen molar-refractivity contribution in [2.75, 3.05) is 39.5 Å². The Hall–Kier alpha value is -1.66. The van der Waals surface area contributed by atoms with Crippen molar-refractivity contribution in [2.24, 2.45) is 0 Å². The van der Waals surface area contributed by atoms with Crippen LogP contribution in [0.2, 0.25) is 0 Å². The molecule has 0 heterocycles. The number of unbranched alkanes of at least 4 members (excludes halogenated alkanes) is 10. The van der Waals surface area contributed by atoms with Crippen molar-refractivity contribution in [3.63, 3.8) is 0 Å². The third kappa shape index (κ3) is 25.4. The van der Waals surface area contributed by atoms with Crippen molar-refractivity contribution < 1.29 is 24.2 Å². The number of hydrogen-bond acceptors (Lipinski definition) is 6. The molecule has 0 atom stereocenters. The molecule has 6 nitrogen and oxygen atoms in total. The number of esters is 2. The number of aliphatic hydroxyl groups excluding tert-OH is 1. The molecule has 0 saturated heterocycles. The topological polar surface area (TPSA) is 76.1 Å². The van der Waals surface area contributed by atoms with Crippen molar-refractivity contribution >= 4 is 11.9 Å². The second kappa shape index (κ2) is 27.9. The standard InChI is InChI=1S/C30H55NO5/c1-3-5-7-19-27-35-29(33)21-15-11-9-13-17-23-31(25-26-32)24-18-14-10-12-16-22-30(34)36-28-20-8-6-4-2/h7-8,19-20,32H,3-6,9-18,21-28H2,1-2H3/b19-7-,20-8-. The van der Waals surface area contributed by atoms with Gasteiger partial charge in [0, 0.05) is 19.4 Å². The molecule has 36 heavy (non-hydrogen) atoms. The zero-order valence-corrected chi connectivity index (χ0v) is 23.4. The molecule has 0 spiro atoms. The minimum absolute atomic E-state index is 0.0968. The Morgan fingerprint density at radius 1 is 0.611 bits per heavy atom. The second-order valence-corrected chi connectivity index (χ2v) is 9.49. The Morgan fingerprint density at radius 2 is 1.03 bits per heavy atom. The molecule has 0 fully saturated rings. The number of allylic oxidation sites excluding steroid dienone is 2. The summed E-state index contributed by atoms with van der Waals surface area (Å²) in [6.07, 6.45) is 24.0. The maximum Gasteiger partial charge on any atom is 0.306 e. The van der Waals surface area contributed by atoms with E-state index >= 15 is 0 Å². The SMILES string of the molecule is CCC/C=C\COC(=O)CCCCCCCN(CCO)CCCCCCCC(=O)OC/C=C\CCC. The molecule has 0 aromatic heterocycles. The molecule has 0 unspecified atom stereocenters. The van der Waals surface area contributed by atoms with Crippen LogP contribution in [-0.4, -0.2) is 61.4 Å². The van der Waals surface area contributed by atoms with Crippen LogP contribution in [0.3, 0.4) is 0 Å². The van der Waals surface area contributed by atoms with Crippen molar-refractivity contribution in [1.82, 2.24) is 4.90 Å². The van der Waals surface area contributed by atoms with E-state index in [1.807, 2.05) is 12.2 Å². The fourth-order valence-electron chi connectivity index (χ4n) is 3.88. The van der Waals surface area contributed by atoms with Crippen LogP contribution < -0.4 is 0 Å². The van der Waals surface area contributed by atoms with Gasteiger partial charge in [0.15, 0.2) is 0 Å². The Kier molecular flexibility index (Phi) is 26.6. The van der Waals surface area contributed by atoms with Gasteiger partial charge >= 0.3 is 11.9 Å². The third-order valence-corrected chi connectivity index (χ3v) is 6.05. The minimum Gasteiger partial charge on any atom is -0.461 e. The fourth-order valence-corrected chi connectivity index (χ4v) is 3.88. The number of nitrogens with zero attached hydrogens (tertiary/aromatic N) is 1. The molecule has 0 radical (unpaired) electrons. The molecule has 210 valence electrons. The third-order valence-electron chi connectivity index (χ3n) is 6.05. The molecular weight excluding hydrogens is 454 g/mol. The molecule has 0 rings (SSSR count). The Labute approximate surface area is 221 Å². The predicted molar refractivity (Wildman–Crippen MR) is 149 cm³/mol. The maximum atomic E-state index is 11.7. The molecule has 1 N–H and O–H groups in total. The lowest BCUT2D eigenvalue weighted by molar-refractivity contribution is -0.143. The maximum absolute atomic E-state index is 11.7. The van der Waals surface area contributed by atoms with Gasteiger partial charge in [-0.15, -0.1) is 0 Å². The van der Waals surface area contributed by atoms with Gasteiger partial charge in [-0.25, -0.2) is 0 Å². The van der Waals surface area contributed by atoms with Crippen LogP contribution in [0.5, 0.6) is 0 Å². The molecular formula is C30H55NO5. The van der Waals surface area contributed by atoms with Gasteiger partial charge in [0.2, 0.25) is 0 Å². The van der Waals surface area contributed by atoms with E-state index in [9.17, 15) is 14.7 Å². The fraction of sp³-hybridized carbons (Fsp3) is 0.800. The van der Waals surface area contributed by atoms with Gasteiger partial charge in [-0.1, -0.05) is 89.5 Å². The first kappa shape index (κ1) is 34.3. The van der Waals surface area contributed by atoms with Crippen molar-refractivity contribution in [3.8, 4) is 0 Å². The predicted octanol–water partition coefficient (Wildman–Crippen LogP) is 6.76. The normalized spacial score (nSPS) is 11.7. The summed E-state index contributed by atoms with van der Waals surface area (Å²) in [5.74, 6) is -0.194. The zero-order chi connectivity index (χ0) is 26.5. The average molecular weight is 510 g/mol. The quantitative estimate of drug-likeness (QED) is 0.0788. The Bertz CT molecular complexity index is 516. The number of aliphatic hydroxyl groups is 1. The number of ether oxygens (including phenoxy) is 2. The highest BCUT2D eigenvalue weighted by Gasteiger charge is 2.06. The smallest absolute Gasteiger partial charge is 0.306 e. The molecule has 0 aliphatic heterocycles. The molecule has 0 aliphatic carbocycles. The van der Waals surface area contributed by atoms with Crippen molar-refractivity contribution in [3.05, 3.63) is 24.3 Å². The minimum atomic E-state index is -0.0968. The van der Waals surface area contributed by atoms with E-state index in [-0.39, 0.29) is 18.5 Å². The highest BCUT2D eigenvalue weighted by atomic mass is 16.5. The summed E-state index contributed by atoms with van der Waals surface area (Å²) in [4.78, 5) is 25.7. The van der Waals surface area contributed by atoms with Gasteiger partial charge in [0.1, 0.15) is 13.2 Å². The van der Waals surface area contributed by atoms with E-state index < -0.39 is 0 Å². The Morgan fingerprint density at radius 3 is 1.44 bits per heavy atom. The number of rotatable bonds is 26. The molecule has 0 saturated carbocycles. The first-order valence-electron chi connectivity index (χ1n) is 14.6. The molecule has 0 aromatic rings. The number of carbonyl (C=O) groups is 2. The number of hydrogen-bond donors (Lipinski definition) is 1. The molecule has 0 bridgehead atoms. The highest BCUT2D eigenvalue weighted by Crippen LogP contribution is 2.10. The van der Waals surface area contributed by atoms with E-state index in [4.69, 9.17) is 9.47 Å². The van der Waals surface area contributed by atoms with Crippen molar-refractivity contribution in [2.45, 2.75) is 117 Å². The van der Waals surface area contributed by atoms with E-state index in [0.29, 0.717) is 26.1 Å². The zero-order valence-electron chi connectivity index (χ0n) is 23.4. The summed E-state index contributed by atoms with van der Waals surface area (Å²) in [5, 5.41) is 9.36. The second-order valence-electron chi connectivity index (χ2n) is 9.49. The van der Waals surface area contributed by atoms with E-state index in [1.165, 1.54) is 0 Å². The van der Waals surface area contributed by atoms with E-state index in [2.05, 4.69) is 30.9 Å². The Balaban J connectivity index is 3.63. The monoisotopic (exact) mass is 509 g/mol. The average Bonchev–Trinajstić information content (AvgIpc) is 2.87. The van der Waals surface area contributed by atoms with Gasteiger partial charge in [0.25, 0.3) is 0 Å². The summed E-state index contributed by atoms with van der Waals surface area (Å²) >= 11 is 0. The van der Waals surface area contributed by atoms with Crippen LogP contribution >= 0.6 is 0 Å². The summed E-state index contributed by atoms with van der Waals surface area (Å²) in [6.45, 7) is 8.01. The summed E-state index contributed by atoms with van der Waals surface area (Å²) in [5.41, 5.74) is 0. The highest BCUT2D eigenvalue weighted by molar-refractivity contribution is 5.69. The summed E-state index contributed by atoms with van der Waals surface area (Å²) in [6, 6.07) is 0. The van der Waals surface area contributed by atoms with Gasteiger partial charge in [0.05, 0.1) is 6.61 Å². The van der Waals surface area contributed by atoms with Crippen LogP contribution in [0.1, 0.15) is 117 Å². The lowest BCUT2D eigenvalue weighted by Gasteiger charge is -2.21. The molecule has 6 heteroatoms. The molecule has 0 aliphatic rings. The lowest BCUT2D eigenvalue weighted by atomic mass is 10.1. The largest absolute Gasteiger partial charge is 0.461 e. The van der Waals surface area contributed by atoms with Crippen LogP contribution in [0.15, 0.2) is 24.3 Å². The van der Waals surface area contributed by atoms with Crippen LogP contribution in [0.25, 0.3) is 0 Å². The van der Waals surface area contributed by atoms with Crippen LogP contribution in [0.4, 0.5) is 0 Å². The van der Waals surface area contributed by atoms with Gasteiger partial charge in [-0.05, 0) is 51.6 Å². The lowest BCUT2D eigenvalue weighted by Crippen LogP contribution is -2.29. The van der Waals surface area contributed by atoms with Crippen LogP contribution in [0, 0.1) is 0 Å². The first-order valence-corrected chi connectivity index (χ1v) is 14.6. The van der Waals surface area contributed by atoms with Gasteiger partial charge in [-0.2, -0.15) is 0 Å². The molecule has 0 amide bonds.